The van der Waals surface area contributed by atoms with Crippen LogP contribution in [0.15, 0.2) is 66.9 Å². The van der Waals surface area contributed by atoms with Crippen molar-refractivity contribution in [3.05, 3.63) is 78.0 Å². The average molecular weight is 234 g/mol. The normalized spacial score (nSPS) is 10.7. The zero-order valence-electron chi connectivity index (χ0n) is 10.0. The second kappa shape index (κ2) is 6.27. The third-order valence-electron chi connectivity index (χ3n) is 2.60. The van der Waals surface area contributed by atoms with Gasteiger partial charge in [-0.25, -0.2) is 0 Å². The fourth-order valence-electron chi connectivity index (χ4n) is 1.66. The largest absolute Gasteiger partial charge is 0.386 e. The minimum Gasteiger partial charge on any atom is -0.386 e. The number of hydrogen-bond acceptors (Lipinski definition) is 2. The van der Waals surface area contributed by atoms with Crippen molar-refractivity contribution in [1.29, 1.82) is 5.26 Å². The van der Waals surface area contributed by atoms with E-state index in [0.29, 0.717) is 5.57 Å². The highest BCUT2D eigenvalue weighted by molar-refractivity contribution is 5.76. The average Bonchev–Trinajstić information content (AvgIpc) is 2.46. The standard InChI is InChI=1S/C16H14N2/c17-11-16(15-9-5-2-6-10-15)13-18-12-14-7-3-1-4-8-14/h1-10,13,18H,12H2/b16-13+. The van der Waals surface area contributed by atoms with E-state index in [4.69, 9.17) is 5.26 Å². The molecule has 0 bridgehead atoms. The molecule has 0 heterocycles. The Kier molecular flexibility index (Phi) is 4.16. The molecule has 2 aromatic carbocycles. The first-order valence-electron chi connectivity index (χ1n) is 5.83. The second-order valence-electron chi connectivity index (χ2n) is 3.90. The molecule has 0 radical (unpaired) electrons. The number of benzene rings is 2. The molecular formula is C16H14N2. The summed E-state index contributed by atoms with van der Waals surface area (Å²) in [7, 11) is 0. The molecule has 0 aliphatic carbocycles. The third-order valence-corrected chi connectivity index (χ3v) is 2.60. The maximum atomic E-state index is 9.12. The minimum absolute atomic E-state index is 0.645. The van der Waals surface area contributed by atoms with Crippen LogP contribution in [0.25, 0.3) is 5.57 Å². The number of hydrogen-bond donors (Lipinski definition) is 1. The summed E-state index contributed by atoms with van der Waals surface area (Å²) in [4.78, 5) is 0. The van der Waals surface area contributed by atoms with Crippen LogP contribution < -0.4 is 5.32 Å². The molecule has 88 valence electrons. The molecule has 0 fully saturated rings. The van der Waals surface area contributed by atoms with Gasteiger partial charge in [0, 0.05) is 12.7 Å². The highest BCUT2D eigenvalue weighted by Gasteiger charge is 1.98. The van der Waals surface area contributed by atoms with Crippen LogP contribution in [-0.2, 0) is 6.54 Å². The maximum Gasteiger partial charge on any atom is 0.101 e. The molecule has 0 aliphatic rings. The first kappa shape index (κ1) is 11.9. The van der Waals surface area contributed by atoms with Gasteiger partial charge in [0.15, 0.2) is 0 Å². The van der Waals surface area contributed by atoms with Gasteiger partial charge >= 0.3 is 0 Å². The van der Waals surface area contributed by atoms with Gasteiger partial charge in [-0.15, -0.1) is 0 Å². The molecule has 0 saturated carbocycles. The van der Waals surface area contributed by atoms with Gasteiger partial charge in [-0.2, -0.15) is 5.26 Å². The Bertz CT molecular complexity index is 551. The summed E-state index contributed by atoms with van der Waals surface area (Å²) in [5.74, 6) is 0. The van der Waals surface area contributed by atoms with Gasteiger partial charge in [-0.05, 0) is 11.1 Å². The van der Waals surface area contributed by atoms with E-state index in [9.17, 15) is 0 Å². The summed E-state index contributed by atoms with van der Waals surface area (Å²) in [6, 6.07) is 22.0. The molecule has 0 atom stereocenters. The molecule has 0 spiro atoms. The van der Waals surface area contributed by atoms with Crippen LogP contribution in [0, 0.1) is 11.3 Å². The second-order valence-corrected chi connectivity index (χ2v) is 3.90. The van der Waals surface area contributed by atoms with Crippen LogP contribution in [0.5, 0.6) is 0 Å². The van der Waals surface area contributed by atoms with E-state index in [0.717, 1.165) is 12.1 Å². The first-order chi connectivity index (χ1) is 8.90. The Morgan fingerprint density at radius 3 is 2.22 bits per heavy atom. The van der Waals surface area contributed by atoms with E-state index in [-0.39, 0.29) is 0 Å². The van der Waals surface area contributed by atoms with Crippen LogP contribution in [-0.4, -0.2) is 0 Å². The molecular weight excluding hydrogens is 220 g/mol. The predicted octanol–water partition coefficient (Wildman–Crippen LogP) is 3.34. The van der Waals surface area contributed by atoms with Crippen molar-refractivity contribution in [3.63, 3.8) is 0 Å². The quantitative estimate of drug-likeness (QED) is 0.823. The van der Waals surface area contributed by atoms with Gasteiger partial charge < -0.3 is 5.32 Å². The lowest BCUT2D eigenvalue weighted by molar-refractivity contribution is 0.872. The Balaban J connectivity index is 2.02. The van der Waals surface area contributed by atoms with Gasteiger partial charge in [-0.3, -0.25) is 0 Å². The molecule has 0 saturated heterocycles. The van der Waals surface area contributed by atoms with Gasteiger partial charge in [-0.1, -0.05) is 60.7 Å². The van der Waals surface area contributed by atoms with Crippen LogP contribution >= 0.6 is 0 Å². The minimum atomic E-state index is 0.645. The number of nitrogens with zero attached hydrogens (tertiary/aromatic N) is 1. The zero-order chi connectivity index (χ0) is 12.6. The smallest absolute Gasteiger partial charge is 0.101 e. The van der Waals surface area contributed by atoms with Crippen molar-refractivity contribution in [2.24, 2.45) is 0 Å². The van der Waals surface area contributed by atoms with E-state index in [2.05, 4.69) is 23.5 Å². The highest BCUT2D eigenvalue weighted by atomic mass is 14.8. The molecule has 0 amide bonds. The topological polar surface area (TPSA) is 35.8 Å². The fraction of sp³-hybridized carbons (Fsp3) is 0.0625. The Morgan fingerprint density at radius 2 is 1.61 bits per heavy atom. The molecule has 1 N–H and O–H groups in total. The van der Waals surface area contributed by atoms with E-state index < -0.39 is 0 Å². The van der Waals surface area contributed by atoms with E-state index >= 15 is 0 Å². The van der Waals surface area contributed by atoms with Crippen LogP contribution in [0.3, 0.4) is 0 Å². The lowest BCUT2D eigenvalue weighted by Crippen LogP contribution is -2.05. The number of rotatable bonds is 4. The molecule has 0 aliphatic heterocycles. The lowest BCUT2D eigenvalue weighted by Gasteiger charge is -2.03. The molecule has 18 heavy (non-hydrogen) atoms. The van der Waals surface area contributed by atoms with E-state index in [1.165, 1.54) is 5.56 Å². The van der Waals surface area contributed by atoms with E-state index in [1.807, 2.05) is 48.5 Å². The number of allylic oxidation sites excluding steroid dienone is 1. The molecule has 0 aromatic heterocycles. The first-order valence-corrected chi connectivity index (χ1v) is 5.83. The molecule has 2 aromatic rings. The van der Waals surface area contributed by atoms with Crippen molar-refractivity contribution in [1.82, 2.24) is 5.32 Å². The van der Waals surface area contributed by atoms with Crippen molar-refractivity contribution < 1.29 is 0 Å². The summed E-state index contributed by atoms with van der Waals surface area (Å²) in [5.41, 5.74) is 2.77. The highest BCUT2D eigenvalue weighted by Crippen LogP contribution is 2.11. The molecule has 2 heteroatoms. The third kappa shape index (κ3) is 3.23. The summed E-state index contributed by atoms with van der Waals surface area (Å²) in [6.45, 7) is 0.721. The van der Waals surface area contributed by atoms with Gasteiger partial charge in [0.2, 0.25) is 0 Å². The maximum absolute atomic E-state index is 9.12. The summed E-state index contributed by atoms with van der Waals surface area (Å²) in [6.07, 6.45) is 1.77. The monoisotopic (exact) mass is 234 g/mol. The molecule has 2 rings (SSSR count). The van der Waals surface area contributed by atoms with Crippen molar-refractivity contribution in [3.8, 4) is 6.07 Å². The van der Waals surface area contributed by atoms with Gasteiger partial charge in [0.05, 0.1) is 5.57 Å². The zero-order valence-corrected chi connectivity index (χ0v) is 10.0. The Labute approximate surface area is 107 Å². The Morgan fingerprint density at radius 1 is 1.00 bits per heavy atom. The van der Waals surface area contributed by atoms with Gasteiger partial charge in [0.1, 0.15) is 6.07 Å². The van der Waals surface area contributed by atoms with Crippen LogP contribution in [0.1, 0.15) is 11.1 Å². The van der Waals surface area contributed by atoms with E-state index in [1.54, 1.807) is 6.20 Å². The van der Waals surface area contributed by atoms with Gasteiger partial charge in [0.25, 0.3) is 0 Å². The molecule has 2 nitrogen and oxygen atoms in total. The number of nitrogens with one attached hydrogen (secondary N) is 1. The predicted molar refractivity (Wildman–Crippen MR) is 73.3 cm³/mol. The molecule has 0 unspecified atom stereocenters. The van der Waals surface area contributed by atoms with Crippen molar-refractivity contribution in [2.75, 3.05) is 0 Å². The summed E-state index contributed by atoms with van der Waals surface area (Å²) >= 11 is 0. The summed E-state index contributed by atoms with van der Waals surface area (Å²) in [5, 5.41) is 12.3. The van der Waals surface area contributed by atoms with Crippen molar-refractivity contribution in [2.45, 2.75) is 6.54 Å². The lowest BCUT2D eigenvalue weighted by atomic mass is 10.1. The fourth-order valence-corrected chi connectivity index (χ4v) is 1.66. The SMILES string of the molecule is N#C/C(=C\NCc1ccccc1)c1ccccc1. The summed E-state index contributed by atoms with van der Waals surface area (Å²) < 4.78 is 0. The van der Waals surface area contributed by atoms with Crippen LogP contribution in [0.2, 0.25) is 0 Å². The number of nitriles is 1. The van der Waals surface area contributed by atoms with Crippen molar-refractivity contribution >= 4 is 5.57 Å². The Hall–Kier alpha value is -2.53. The van der Waals surface area contributed by atoms with Crippen LogP contribution in [0.4, 0.5) is 0 Å².